The molecule has 3 rings (SSSR count). The molecular weight excluding hydrogens is 306 g/mol. The molecule has 0 saturated carbocycles. The summed E-state index contributed by atoms with van der Waals surface area (Å²) in [5.74, 6) is 1.41. The lowest BCUT2D eigenvalue weighted by atomic mass is 10.1. The van der Waals surface area contributed by atoms with Gasteiger partial charge in [-0.05, 0) is 26.0 Å². The van der Waals surface area contributed by atoms with Crippen molar-refractivity contribution in [3.8, 4) is 0 Å². The van der Waals surface area contributed by atoms with E-state index in [2.05, 4.69) is 35.7 Å². The molecule has 116 valence electrons. The van der Waals surface area contributed by atoms with E-state index in [9.17, 15) is 0 Å². The van der Waals surface area contributed by atoms with Crippen LogP contribution in [0.25, 0.3) is 10.2 Å². The molecule has 2 N–H and O–H groups in total. The zero-order valence-electron chi connectivity index (χ0n) is 12.7. The van der Waals surface area contributed by atoms with Crippen molar-refractivity contribution in [1.82, 2.24) is 14.9 Å². The second-order valence-electron chi connectivity index (χ2n) is 5.37. The highest BCUT2D eigenvalue weighted by Crippen LogP contribution is 2.34. The van der Waals surface area contributed by atoms with Gasteiger partial charge in [-0.3, -0.25) is 0 Å². The maximum Gasteiger partial charge on any atom is 0.228 e. The number of fused-ring (bicyclic) bond motifs is 1. The van der Waals surface area contributed by atoms with Crippen molar-refractivity contribution in [1.29, 1.82) is 0 Å². The SMILES string of the molecule is CCc1c(C)sc2nc(N3CCN(C)CC3)nc(N)c12.Cl. The molecule has 1 aliphatic rings. The number of nitrogens with two attached hydrogens (primary N) is 1. The van der Waals surface area contributed by atoms with Crippen molar-refractivity contribution in [3.05, 3.63) is 10.4 Å². The van der Waals surface area contributed by atoms with Gasteiger partial charge in [0.25, 0.3) is 0 Å². The van der Waals surface area contributed by atoms with Crippen molar-refractivity contribution < 1.29 is 0 Å². The van der Waals surface area contributed by atoms with Crippen LogP contribution in [0, 0.1) is 6.92 Å². The fraction of sp³-hybridized carbons (Fsp3) is 0.571. The molecule has 0 aliphatic carbocycles. The number of hydrogen-bond acceptors (Lipinski definition) is 6. The van der Waals surface area contributed by atoms with Gasteiger partial charge in [0.15, 0.2) is 0 Å². The van der Waals surface area contributed by atoms with Crippen LogP contribution in [0.15, 0.2) is 0 Å². The van der Waals surface area contributed by atoms with Crippen LogP contribution >= 0.6 is 23.7 Å². The maximum absolute atomic E-state index is 6.20. The van der Waals surface area contributed by atoms with Crippen molar-refractivity contribution in [2.75, 3.05) is 43.9 Å². The molecule has 1 fully saturated rings. The molecule has 0 aromatic carbocycles. The number of aryl methyl sites for hydroxylation is 2. The van der Waals surface area contributed by atoms with Crippen LogP contribution in [-0.4, -0.2) is 48.1 Å². The Morgan fingerprint density at radius 2 is 1.86 bits per heavy atom. The average Bonchev–Trinajstić information content (AvgIpc) is 2.75. The summed E-state index contributed by atoms with van der Waals surface area (Å²) in [5, 5.41) is 1.06. The smallest absolute Gasteiger partial charge is 0.228 e. The summed E-state index contributed by atoms with van der Waals surface area (Å²) in [6.45, 7) is 8.32. The lowest BCUT2D eigenvalue weighted by molar-refractivity contribution is 0.311. The standard InChI is InChI=1S/C14H21N5S.ClH/c1-4-10-9(2)20-13-11(10)12(15)16-14(17-13)19-7-5-18(3)6-8-19;/h4-8H2,1-3H3,(H2,15,16,17);1H. The largest absolute Gasteiger partial charge is 0.383 e. The molecule has 2 aromatic rings. The summed E-state index contributed by atoms with van der Waals surface area (Å²) >= 11 is 1.73. The van der Waals surface area contributed by atoms with E-state index in [-0.39, 0.29) is 12.4 Å². The van der Waals surface area contributed by atoms with Gasteiger partial charge in [-0.2, -0.15) is 4.98 Å². The summed E-state index contributed by atoms with van der Waals surface area (Å²) in [6, 6.07) is 0. The lowest BCUT2D eigenvalue weighted by Gasteiger charge is -2.32. The van der Waals surface area contributed by atoms with Crippen LogP contribution in [0.3, 0.4) is 0 Å². The Morgan fingerprint density at radius 3 is 2.48 bits per heavy atom. The molecule has 0 unspecified atom stereocenters. The molecule has 1 aliphatic heterocycles. The Bertz CT molecular complexity index is 634. The Kier molecular flexibility index (Phi) is 4.91. The number of anilines is 2. The van der Waals surface area contributed by atoms with E-state index in [4.69, 9.17) is 10.7 Å². The van der Waals surface area contributed by atoms with Crippen LogP contribution in [0.5, 0.6) is 0 Å². The second-order valence-corrected chi connectivity index (χ2v) is 6.57. The fourth-order valence-corrected chi connectivity index (χ4v) is 3.88. The van der Waals surface area contributed by atoms with E-state index in [1.54, 1.807) is 11.3 Å². The summed E-state index contributed by atoms with van der Waals surface area (Å²) < 4.78 is 0. The fourth-order valence-electron chi connectivity index (χ4n) is 2.76. The molecule has 0 atom stereocenters. The molecule has 7 heteroatoms. The molecule has 1 saturated heterocycles. The van der Waals surface area contributed by atoms with Gasteiger partial charge in [0.1, 0.15) is 10.6 Å². The Balaban J connectivity index is 0.00000161. The molecule has 3 heterocycles. The quantitative estimate of drug-likeness (QED) is 0.917. The highest BCUT2D eigenvalue weighted by atomic mass is 35.5. The zero-order chi connectivity index (χ0) is 14.3. The van der Waals surface area contributed by atoms with Crippen molar-refractivity contribution in [3.63, 3.8) is 0 Å². The monoisotopic (exact) mass is 327 g/mol. The number of thiophene rings is 1. The predicted octanol–water partition coefficient (Wildman–Crippen LogP) is 2.32. The first-order valence-electron chi connectivity index (χ1n) is 7.09. The molecule has 0 radical (unpaired) electrons. The van der Waals surface area contributed by atoms with Crippen LogP contribution in [0.2, 0.25) is 0 Å². The van der Waals surface area contributed by atoms with E-state index in [1.807, 2.05) is 0 Å². The lowest BCUT2D eigenvalue weighted by Crippen LogP contribution is -2.45. The summed E-state index contributed by atoms with van der Waals surface area (Å²) in [4.78, 5) is 16.2. The first-order valence-corrected chi connectivity index (χ1v) is 7.90. The number of nitrogens with zero attached hydrogens (tertiary/aromatic N) is 4. The van der Waals surface area contributed by atoms with E-state index < -0.39 is 0 Å². The Morgan fingerprint density at radius 1 is 1.19 bits per heavy atom. The Hall–Kier alpha value is -1.11. The van der Waals surface area contributed by atoms with Gasteiger partial charge in [0, 0.05) is 31.1 Å². The zero-order valence-corrected chi connectivity index (χ0v) is 14.4. The van der Waals surface area contributed by atoms with E-state index in [0.717, 1.165) is 48.8 Å². The summed E-state index contributed by atoms with van der Waals surface area (Å²) in [6.07, 6.45) is 0.979. The highest BCUT2D eigenvalue weighted by molar-refractivity contribution is 7.18. The van der Waals surface area contributed by atoms with Gasteiger partial charge >= 0.3 is 0 Å². The van der Waals surface area contributed by atoms with Crippen LogP contribution < -0.4 is 10.6 Å². The molecule has 2 aromatic heterocycles. The van der Waals surface area contributed by atoms with E-state index in [0.29, 0.717) is 5.82 Å². The minimum atomic E-state index is 0. The highest BCUT2D eigenvalue weighted by Gasteiger charge is 2.20. The van der Waals surface area contributed by atoms with Crippen molar-refractivity contribution in [2.45, 2.75) is 20.3 Å². The maximum atomic E-state index is 6.20. The van der Waals surface area contributed by atoms with Gasteiger partial charge in [-0.1, -0.05) is 6.92 Å². The second kappa shape index (κ2) is 6.34. The van der Waals surface area contributed by atoms with Crippen LogP contribution in [-0.2, 0) is 6.42 Å². The first kappa shape index (κ1) is 16.3. The molecule has 0 spiro atoms. The summed E-state index contributed by atoms with van der Waals surface area (Å²) in [7, 11) is 2.14. The first-order chi connectivity index (χ1) is 9.60. The number of halogens is 1. The Labute approximate surface area is 135 Å². The average molecular weight is 328 g/mol. The van der Waals surface area contributed by atoms with Gasteiger partial charge < -0.3 is 15.5 Å². The third-order valence-electron chi connectivity index (χ3n) is 4.01. The van der Waals surface area contributed by atoms with Gasteiger partial charge in [0.05, 0.1) is 5.39 Å². The number of hydrogen-bond donors (Lipinski definition) is 1. The number of likely N-dealkylation sites (N-methyl/N-ethyl adjacent to an activating group) is 1. The molecule has 5 nitrogen and oxygen atoms in total. The minimum absolute atomic E-state index is 0. The number of aromatic nitrogens is 2. The molecule has 21 heavy (non-hydrogen) atoms. The minimum Gasteiger partial charge on any atom is -0.383 e. The van der Waals surface area contributed by atoms with Gasteiger partial charge in [-0.15, -0.1) is 23.7 Å². The molecule has 0 amide bonds. The molecular formula is C14H22ClN5S. The van der Waals surface area contributed by atoms with Gasteiger partial charge in [0.2, 0.25) is 5.95 Å². The third kappa shape index (κ3) is 2.93. The molecule has 0 bridgehead atoms. The predicted molar refractivity (Wildman–Crippen MR) is 92.9 cm³/mol. The number of piperazine rings is 1. The van der Waals surface area contributed by atoms with E-state index >= 15 is 0 Å². The normalized spacial score (nSPS) is 16.2. The van der Waals surface area contributed by atoms with Crippen molar-refractivity contribution >= 4 is 45.7 Å². The van der Waals surface area contributed by atoms with Crippen LogP contribution in [0.1, 0.15) is 17.4 Å². The van der Waals surface area contributed by atoms with Crippen molar-refractivity contribution in [2.24, 2.45) is 0 Å². The van der Waals surface area contributed by atoms with E-state index in [1.165, 1.54) is 10.4 Å². The topological polar surface area (TPSA) is 58.3 Å². The number of nitrogen functional groups attached to an aromatic ring is 1. The van der Waals surface area contributed by atoms with Crippen LogP contribution in [0.4, 0.5) is 11.8 Å². The summed E-state index contributed by atoms with van der Waals surface area (Å²) in [5.41, 5.74) is 7.50. The van der Waals surface area contributed by atoms with Gasteiger partial charge in [-0.25, -0.2) is 4.98 Å². The number of rotatable bonds is 2. The third-order valence-corrected chi connectivity index (χ3v) is 5.05.